The van der Waals surface area contributed by atoms with Crippen molar-refractivity contribution in [3.63, 3.8) is 0 Å². The minimum atomic E-state index is -0.171. The number of benzene rings is 2. The van der Waals surface area contributed by atoms with Crippen molar-refractivity contribution >= 4 is 38.4 Å². The molecule has 2 aromatic carbocycles. The highest BCUT2D eigenvalue weighted by Gasteiger charge is 2.49. The number of carbonyl (C=O) groups excluding carboxylic acids is 1. The molecule has 2 aliphatic rings. The van der Waals surface area contributed by atoms with Gasteiger partial charge in [-0.05, 0) is 60.9 Å². The summed E-state index contributed by atoms with van der Waals surface area (Å²) in [6.07, 6.45) is 0.904. The fourth-order valence-corrected chi connectivity index (χ4v) is 6.15. The number of pyridine rings is 1. The van der Waals surface area contributed by atoms with Crippen LogP contribution in [0.1, 0.15) is 24.5 Å². The number of amides is 1. The van der Waals surface area contributed by atoms with Gasteiger partial charge in [0, 0.05) is 43.7 Å². The normalized spacial score (nSPS) is 18.9. The van der Waals surface area contributed by atoms with E-state index >= 15 is 0 Å². The van der Waals surface area contributed by atoms with Gasteiger partial charge >= 0.3 is 0 Å². The van der Waals surface area contributed by atoms with Crippen LogP contribution in [0.15, 0.2) is 54.6 Å². The van der Waals surface area contributed by atoms with E-state index in [9.17, 15) is 4.79 Å². The lowest BCUT2D eigenvalue weighted by molar-refractivity contribution is -0.127. The standard InChI is InChI=1S/C27H26N4O3S/c1-17-5-4-6-19(13-17)34-20-7-9-23-21(14-20)27(11-12-30(15-27)18(2)32)16-31(23)26-28-22-8-10-24(33-3)29-25(22)35-26/h4-10,13-14H,11-12,15-16H2,1-3H3. The van der Waals surface area contributed by atoms with Crippen LogP contribution in [0, 0.1) is 6.92 Å². The lowest BCUT2D eigenvalue weighted by atomic mass is 9.81. The summed E-state index contributed by atoms with van der Waals surface area (Å²) in [4.78, 5) is 26.8. The van der Waals surface area contributed by atoms with Crippen LogP contribution in [-0.2, 0) is 10.2 Å². The molecule has 2 aromatic heterocycles. The first kappa shape index (κ1) is 21.9. The van der Waals surface area contributed by atoms with Crippen molar-refractivity contribution in [1.82, 2.24) is 14.9 Å². The molecule has 0 saturated carbocycles. The molecule has 4 heterocycles. The molecule has 1 atom stereocenters. The van der Waals surface area contributed by atoms with Crippen LogP contribution in [0.4, 0.5) is 10.8 Å². The van der Waals surface area contributed by atoms with E-state index in [1.54, 1.807) is 25.4 Å². The molecule has 1 unspecified atom stereocenters. The fourth-order valence-electron chi connectivity index (χ4n) is 5.21. The van der Waals surface area contributed by atoms with E-state index in [-0.39, 0.29) is 11.3 Å². The van der Waals surface area contributed by atoms with E-state index in [0.29, 0.717) is 12.4 Å². The molecule has 178 valence electrons. The van der Waals surface area contributed by atoms with Crippen molar-refractivity contribution in [2.75, 3.05) is 31.6 Å². The Labute approximate surface area is 207 Å². The Bertz CT molecular complexity index is 1450. The molecule has 8 heteroatoms. The van der Waals surface area contributed by atoms with Crippen LogP contribution in [0.2, 0.25) is 0 Å². The number of methoxy groups -OCH3 is 1. The molecule has 0 N–H and O–H groups in total. The number of anilines is 2. The quantitative estimate of drug-likeness (QED) is 0.383. The molecule has 0 radical (unpaired) electrons. The molecular weight excluding hydrogens is 460 g/mol. The average Bonchev–Trinajstić information content (AvgIpc) is 3.55. The zero-order valence-electron chi connectivity index (χ0n) is 19.9. The second-order valence-corrected chi connectivity index (χ2v) is 10.3. The molecule has 4 aromatic rings. The molecule has 1 amide bonds. The van der Waals surface area contributed by atoms with E-state index in [4.69, 9.17) is 14.5 Å². The van der Waals surface area contributed by atoms with Gasteiger partial charge in [0.25, 0.3) is 0 Å². The van der Waals surface area contributed by atoms with Gasteiger partial charge in [-0.1, -0.05) is 23.5 Å². The molecule has 35 heavy (non-hydrogen) atoms. The van der Waals surface area contributed by atoms with E-state index in [1.165, 1.54) is 5.56 Å². The number of ether oxygens (including phenoxy) is 2. The van der Waals surface area contributed by atoms with Gasteiger partial charge in [0.05, 0.1) is 7.11 Å². The SMILES string of the molecule is COc1ccc2nc(N3CC4(CCN(C(C)=O)C4)c4cc(Oc5cccc(C)c5)ccc43)sc2n1. The summed E-state index contributed by atoms with van der Waals surface area (Å²) in [5.41, 5.74) is 4.15. The zero-order chi connectivity index (χ0) is 24.2. The lowest BCUT2D eigenvalue weighted by Crippen LogP contribution is -2.36. The third kappa shape index (κ3) is 3.78. The molecule has 6 rings (SSSR count). The van der Waals surface area contributed by atoms with E-state index in [1.807, 2.05) is 41.3 Å². The molecule has 0 bridgehead atoms. The lowest BCUT2D eigenvalue weighted by Gasteiger charge is -2.25. The van der Waals surface area contributed by atoms with Crippen molar-refractivity contribution in [1.29, 1.82) is 0 Å². The Balaban J connectivity index is 1.41. The first-order valence-electron chi connectivity index (χ1n) is 11.7. The topological polar surface area (TPSA) is 67.8 Å². The van der Waals surface area contributed by atoms with E-state index < -0.39 is 0 Å². The number of hydrogen-bond donors (Lipinski definition) is 0. The number of thiazole rings is 1. The first-order chi connectivity index (χ1) is 16.9. The third-order valence-electron chi connectivity index (χ3n) is 6.97. The van der Waals surface area contributed by atoms with Gasteiger partial charge in [0.1, 0.15) is 21.8 Å². The Morgan fingerprint density at radius 1 is 1.06 bits per heavy atom. The predicted octanol–water partition coefficient (Wildman–Crippen LogP) is 5.44. The summed E-state index contributed by atoms with van der Waals surface area (Å²) in [5, 5.41) is 0.896. The van der Waals surface area contributed by atoms with Gasteiger partial charge in [-0.25, -0.2) is 9.97 Å². The predicted molar refractivity (Wildman–Crippen MR) is 137 cm³/mol. The number of aryl methyl sites for hydroxylation is 1. The van der Waals surface area contributed by atoms with Crippen molar-refractivity contribution in [2.24, 2.45) is 0 Å². The van der Waals surface area contributed by atoms with Gasteiger partial charge in [-0.3, -0.25) is 4.79 Å². The first-order valence-corrected chi connectivity index (χ1v) is 12.5. The Hall–Kier alpha value is -3.65. The smallest absolute Gasteiger partial charge is 0.219 e. The number of likely N-dealkylation sites (tertiary alicyclic amines) is 1. The Morgan fingerprint density at radius 2 is 1.91 bits per heavy atom. The van der Waals surface area contributed by atoms with Gasteiger partial charge in [0.2, 0.25) is 11.8 Å². The maximum Gasteiger partial charge on any atom is 0.219 e. The van der Waals surface area contributed by atoms with Crippen LogP contribution in [0.5, 0.6) is 17.4 Å². The van der Waals surface area contributed by atoms with Crippen LogP contribution < -0.4 is 14.4 Å². The number of carbonyl (C=O) groups is 1. The summed E-state index contributed by atoms with van der Waals surface area (Å²) in [6.45, 7) is 5.91. The largest absolute Gasteiger partial charge is 0.481 e. The molecule has 7 nitrogen and oxygen atoms in total. The summed E-state index contributed by atoms with van der Waals surface area (Å²) >= 11 is 1.56. The van der Waals surface area contributed by atoms with E-state index in [2.05, 4.69) is 35.0 Å². The van der Waals surface area contributed by atoms with Crippen LogP contribution in [0.25, 0.3) is 10.3 Å². The number of rotatable bonds is 4. The van der Waals surface area contributed by atoms with Gasteiger partial charge in [-0.2, -0.15) is 0 Å². The number of aromatic nitrogens is 2. The minimum Gasteiger partial charge on any atom is -0.481 e. The number of hydrogen-bond acceptors (Lipinski definition) is 7. The van der Waals surface area contributed by atoms with Crippen molar-refractivity contribution in [3.8, 4) is 17.4 Å². The Kier molecular flexibility index (Phi) is 5.14. The van der Waals surface area contributed by atoms with Gasteiger partial charge < -0.3 is 19.3 Å². The second-order valence-electron chi connectivity index (χ2n) is 9.33. The third-order valence-corrected chi connectivity index (χ3v) is 7.96. The highest BCUT2D eigenvalue weighted by molar-refractivity contribution is 7.21. The molecule has 1 spiro atoms. The second kappa shape index (κ2) is 8.23. The number of fused-ring (bicyclic) bond motifs is 3. The maximum atomic E-state index is 12.2. The van der Waals surface area contributed by atoms with Gasteiger partial charge in [0.15, 0.2) is 5.13 Å². The molecule has 2 aliphatic heterocycles. The van der Waals surface area contributed by atoms with Crippen LogP contribution in [-0.4, -0.2) is 47.5 Å². The summed E-state index contributed by atoms with van der Waals surface area (Å²) < 4.78 is 11.5. The molecule has 0 aliphatic carbocycles. The molecule has 1 saturated heterocycles. The van der Waals surface area contributed by atoms with Crippen LogP contribution in [0.3, 0.4) is 0 Å². The van der Waals surface area contributed by atoms with Crippen molar-refractivity contribution in [2.45, 2.75) is 25.7 Å². The Morgan fingerprint density at radius 3 is 2.69 bits per heavy atom. The molecule has 1 fully saturated rings. The highest BCUT2D eigenvalue weighted by atomic mass is 32.1. The summed E-state index contributed by atoms with van der Waals surface area (Å²) in [6, 6.07) is 18.1. The summed E-state index contributed by atoms with van der Waals surface area (Å²) in [5.74, 6) is 2.31. The maximum absolute atomic E-state index is 12.2. The monoisotopic (exact) mass is 486 g/mol. The zero-order valence-corrected chi connectivity index (χ0v) is 20.8. The van der Waals surface area contributed by atoms with Crippen LogP contribution >= 0.6 is 11.3 Å². The van der Waals surface area contributed by atoms with Gasteiger partial charge in [-0.15, -0.1) is 0 Å². The van der Waals surface area contributed by atoms with Crippen molar-refractivity contribution in [3.05, 3.63) is 65.7 Å². The number of nitrogens with zero attached hydrogens (tertiary/aromatic N) is 4. The van der Waals surface area contributed by atoms with E-state index in [0.717, 1.165) is 57.7 Å². The minimum absolute atomic E-state index is 0.116. The average molecular weight is 487 g/mol. The molecular formula is C27H26N4O3S. The highest BCUT2D eigenvalue weighted by Crippen LogP contribution is 2.51. The summed E-state index contributed by atoms with van der Waals surface area (Å²) in [7, 11) is 1.62. The fraction of sp³-hybridized carbons (Fsp3) is 0.296. The van der Waals surface area contributed by atoms with Crippen molar-refractivity contribution < 1.29 is 14.3 Å².